The van der Waals surface area contributed by atoms with Crippen molar-refractivity contribution in [1.82, 2.24) is 20.2 Å². The fraction of sp³-hybridized carbons (Fsp3) is 0.318. The van der Waals surface area contributed by atoms with Crippen molar-refractivity contribution in [2.45, 2.75) is 38.0 Å². The number of hydrogen-bond donors (Lipinski definition) is 0. The SMILES string of the molecule is CC1(C)[C@@H]2CC[C@]1(c1nc(C#N)ncc1Cl)c1nnc(-c3c(F)cccc3F)cc12. The molecule has 0 amide bonds. The molecule has 1 saturated carbocycles. The number of halogens is 3. The summed E-state index contributed by atoms with van der Waals surface area (Å²) in [5.41, 5.74) is 1.14. The number of fused-ring (bicyclic) bond motifs is 5. The van der Waals surface area contributed by atoms with Crippen molar-refractivity contribution < 1.29 is 8.78 Å². The minimum atomic E-state index is -0.682. The molecule has 0 spiro atoms. The van der Waals surface area contributed by atoms with Crippen LogP contribution in [0.4, 0.5) is 8.78 Å². The van der Waals surface area contributed by atoms with Crippen LogP contribution >= 0.6 is 11.6 Å². The summed E-state index contributed by atoms with van der Waals surface area (Å²) in [5, 5.41) is 18.3. The molecule has 0 unspecified atom stereocenters. The Morgan fingerprint density at radius 1 is 1.17 bits per heavy atom. The van der Waals surface area contributed by atoms with Crippen LogP contribution in [0.25, 0.3) is 11.3 Å². The van der Waals surface area contributed by atoms with E-state index in [4.69, 9.17) is 11.6 Å². The lowest BCUT2D eigenvalue weighted by molar-refractivity contribution is 0.242. The van der Waals surface area contributed by atoms with E-state index in [1.54, 1.807) is 6.07 Å². The third kappa shape index (κ3) is 2.25. The Morgan fingerprint density at radius 3 is 2.60 bits per heavy atom. The number of rotatable bonds is 2. The first-order valence-corrected chi connectivity index (χ1v) is 9.94. The molecular formula is C22H16ClF2N5. The first kappa shape index (κ1) is 19.0. The topological polar surface area (TPSA) is 75.3 Å². The molecule has 3 aromatic rings. The molecule has 150 valence electrons. The Balaban J connectivity index is 1.76. The van der Waals surface area contributed by atoms with Crippen molar-refractivity contribution in [2.24, 2.45) is 5.41 Å². The molecule has 2 bridgehead atoms. The number of benzene rings is 1. The van der Waals surface area contributed by atoms with Gasteiger partial charge in [-0.15, -0.1) is 5.10 Å². The quantitative estimate of drug-likeness (QED) is 0.583. The number of hydrogen-bond acceptors (Lipinski definition) is 5. The molecule has 2 aliphatic rings. The van der Waals surface area contributed by atoms with E-state index >= 15 is 0 Å². The number of aromatic nitrogens is 4. The smallest absolute Gasteiger partial charge is 0.226 e. The van der Waals surface area contributed by atoms with Crippen molar-refractivity contribution in [3.63, 3.8) is 0 Å². The van der Waals surface area contributed by atoms with Gasteiger partial charge in [-0.05, 0) is 47.9 Å². The van der Waals surface area contributed by atoms with E-state index in [-0.39, 0.29) is 28.4 Å². The average molecular weight is 424 g/mol. The van der Waals surface area contributed by atoms with Gasteiger partial charge in [-0.3, -0.25) is 0 Å². The highest BCUT2D eigenvalue weighted by atomic mass is 35.5. The van der Waals surface area contributed by atoms with Gasteiger partial charge in [-0.25, -0.2) is 18.7 Å². The van der Waals surface area contributed by atoms with Crippen molar-refractivity contribution in [2.75, 3.05) is 0 Å². The predicted molar refractivity (Wildman–Crippen MR) is 106 cm³/mol. The maximum absolute atomic E-state index is 14.3. The molecule has 0 N–H and O–H groups in total. The molecule has 2 heterocycles. The van der Waals surface area contributed by atoms with Gasteiger partial charge < -0.3 is 0 Å². The highest BCUT2D eigenvalue weighted by Crippen LogP contribution is 2.70. The van der Waals surface area contributed by atoms with E-state index in [0.717, 1.165) is 18.4 Å². The summed E-state index contributed by atoms with van der Waals surface area (Å²) >= 11 is 6.50. The monoisotopic (exact) mass is 423 g/mol. The van der Waals surface area contributed by atoms with Gasteiger partial charge in [0.1, 0.15) is 17.7 Å². The lowest BCUT2D eigenvalue weighted by Gasteiger charge is -2.37. The normalized spacial score (nSPS) is 23.3. The third-order valence-corrected chi connectivity index (χ3v) is 7.13. The molecule has 2 atom stereocenters. The second kappa shape index (κ2) is 6.26. The molecule has 30 heavy (non-hydrogen) atoms. The molecule has 2 aromatic heterocycles. The molecule has 2 aliphatic carbocycles. The van der Waals surface area contributed by atoms with Crippen LogP contribution in [0, 0.1) is 28.4 Å². The summed E-state index contributed by atoms with van der Waals surface area (Å²) in [6.07, 6.45) is 3.02. The highest BCUT2D eigenvalue weighted by molar-refractivity contribution is 6.31. The van der Waals surface area contributed by atoms with E-state index in [1.807, 2.05) is 6.07 Å². The van der Waals surface area contributed by atoms with Crippen LogP contribution in [0.5, 0.6) is 0 Å². The zero-order valence-electron chi connectivity index (χ0n) is 16.2. The van der Waals surface area contributed by atoms with Crippen LogP contribution < -0.4 is 0 Å². The lowest BCUT2D eigenvalue weighted by atomic mass is 9.66. The molecule has 8 heteroatoms. The first-order valence-electron chi connectivity index (χ1n) is 9.57. The van der Waals surface area contributed by atoms with E-state index in [2.05, 4.69) is 34.0 Å². The average Bonchev–Trinajstić information content (AvgIpc) is 3.09. The Bertz CT molecular complexity index is 1230. The van der Waals surface area contributed by atoms with Crippen LogP contribution in [0.1, 0.15) is 55.4 Å². The standard InChI is InChI=1S/C22H16ClF2N5/c1-21(2)12-6-7-22(21,20-13(23)10-27-17(9-26)28-20)19-11(12)8-16(29-30-19)18-14(24)4-3-5-15(18)25/h3-5,8,10,12H,6-7H2,1-2H3/t12-,22-/m1/s1. The van der Waals surface area contributed by atoms with Crippen molar-refractivity contribution in [3.05, 3.63) is 69.9 Å². The van der Waals surface area contributed by atoms with Gasteiger partial charge in [0.05, 0.1) is 39.3 Å². The van der Waals surface area contributed by atoms with Gasteiger partial charge in [0, 0.05) is 0 Å². The van der Waals surface area contributed by atoms with Gasteiger partial charge in [0.25, 0.3) is 0 Å². The maximum Gasteiger partial charge on any atom is 0.232 e. The zero-order chi connectivity index (χ0) is 21.3. The van der Waals surface area contributed by atoms with E-state index in [0.29, 0.717) is 16.4 Å². The highest BCUT2D eigenvalue weighted by Gasteiger charge is 2.65. The molecule has 1 aromatic carbocycles. The minimum Gasteiger partial charge on any atom is -0.226 e. The van der Waals surface area contributed by atoms with Crippen LogP contribution in [-0.2, 0) is 5.41 Å². The zero-order valence-corrected chi connectivity index (χ0v) is 17.0. The van der Waals surface area contributed by atoms with Gasteiger partial charge in [-0.1, -0.05) is 31.5 Å². The van der Waals surface area contributed by atoms with E-state index < -0.39 is 17.0 Å². The van der Waals surface area contributed by atoms with Crippen molar-refractivity contribution in [3.8, 4) is 17.3 Å². The van der Waals surface area contributed by atoms with Gasteiger partial charge in [0.15, 0.2) is 0 Å². The van der Waals surface area contributed by atoms with Gasteiger partial charge >= 0.3 is 0 Å². The number of nitriles is 1. The molecule has 0 aliphatic heterocycles. The summed E-state index contributed by atoms with van der Waals surface area (Å²) in [6, 6.07) is 7.43. The molecule has 1 fully saturated rings. The van der Waals surface area contributed by atoms with Gasteiger partial charge in [-0.2, -0.15) is 10.4 Å². The Morgan fingerprint density at radius 2 is 1.90 bits per heavy atom. The summed E-state index contributed by atoms with van der Waals surface area (Å²) in [4.78, 5) is 8.42. The largest absolute Gasteiger partial charge is 0.232 e. The van der Waals surface area contributed by atoms with Crippen LogP contribution in [0.3, 0.4) is 0 Å². The predicted octanol–water partition coefficient (Wildman–Crippen LogP) is 4.94. The maximum atomic E-state index is 14.3. The summed E-state index contributed by atoms with van der Waals surface area (Å²) in [5.74, 6) is -1.24. The fourth-order valence-electron chi connectivity index (χ4n) is 5.43. The Hall–Kier alpha value is -2.98. The van der Waals surface area contributed by atoms with Crippen molar-refractivity contribution >= 4 is 11.6 Å². The summed E-state index contributed by atoms with van der Waals surface area (Å²) < 4.78 is 28.7. The Kier molecular flexibility index (Phi) is 3.97. The van der Waals surface area contributed by atoms with E-state index in [1.165, 1.54) is 24.4 Å². The van der Waals surface area contributed by atoms with Gasteiger partial charge in [0.2, 0.25) is 5.82 Å². The molecule has 0 radical (unpaired) electrons. The van der Waals surface area contributed by atoms with E-state index in [9.17, 15) is 14.0 Å². The second-order valence-corrected chi connectivity index (χ2v) is 8.76. The molecular weight excluding hydrogens is 408 g/mol. The third-order valence-electron chi connectivity index (χ3n) is 6.85. The van der Waals surface area contributed by atoms with Crippen molar-refractivity contribution in [1.29, 1.82) is 5.26 Å². The summed E-state index contributed by atoms with van der Waals surface area (Å²) in [6.45, 7) is 4.22. The Labute approximate surface area is 176 Å². The lowest BCUT2D eigenvalue weighted by Crippen LogP contribution is -2.38. The number of nitrogens with zero attached hydrogens (tertiary/aromatic N) is 5. The molecule has 0 saturated heterocycles. The molecule has 5 nitrogen and oxygen atoms in total. The second-order valence-electron chi connectivity index (χ2n) is 8.35. The fourth-order valence-corrected chi connectivity index (χ4v) is 5.69. The first-order chi connectivity index (χ1) is 14.3. The minimum absolute atomic E-state index is 0.0366. The van der Waals surface area contributed by atoms with Crippen LogP contribution in [0.2, 0.25) is 5.02 Å². The molecule has 5 rings (SSSR count). The summed E-state index contributed by atoms with van der Waals surface area (Å²) in [7, 11) is 0. The van der Waals surface area contributed by atoms with Crippen LogP contribution in [-0.4, -0.2) is 20.2 Å². The van der Waals surface area contributed by atoms with Crippen LogP contribution in [0.15, 0.2) is 30.5 Å².